The molecule has 2 aromatic carbocycles. The van der Waals surface area contributed by atoms with E-state index >= 15 is 0 Å². The van der Waals surface area contributed by atoms with E-state index in [1.165, 1.54) is 0 Å². The smallest absolute Gasteiger partial charge is 0.257 e. The van der Waals surface area contributed by atoms with Crippen LogP contribution in [0.3, 0.4) is 0 Å². The Labute approximate surface area is 194 Å². The summed E-state index contributed by atoms with van der Waals surface area (Å²) in [6.45, 7) is 3.15. The number of hydrogen-bond donors (Lipinski definition) is 0. The fourth-order valence-electron chi connectivity index (χ4n) is 4.26. The highest BCUT2D eigenvalue weighted by Crippen LogP contribution is 2.41. The van der Waals surface area contributed by atoms with E-state index in [0.717, 1.165) is 22.5 Å². The summed E-state index contributed by atoms with van der Waals surface area (Å²) in [4.78, 5) is 15.2. The lowest BCUT2D eigenvalue weighted by molar-refractivity contribution is 0.0771. The Morgan fingerprint density at radius 2 is 1.73 bits per heavy atom. The van der Waals surface area contributed by atoms with Crippen LogP contribution in [0.1, 0.15) is 35.0 Å². The van der Waals surface area contributed by atoms with Crippen LogP contribution in [-0.2, 0) is 6.42 Å². The molecule has 0 fully saturated rings. The summed E-state index contributed by atoms with van der Waals surface area (Å²) in [6, 6.07) is 13.6. The molecular formula is C26H29N3O4. The van der Waals surface area contributed by atoms with Crippen molar-refractivity contribution in [3.63, 3.8) is 0 Å². The van der Waals surface area contributed by atoms with Gasteiger partial charge in [0.05, 0.1) is 50.0 Å². The molecule has 3 aromatic rings. The minimum absolute atomic E-state index is 0.00186. The second kappa shape index (κ2) is 9.81. The predicted molar refractivity (Wildman–Crippen MR) is 128 cm³/mol. The number of nitrogens with zero attached hydrogens (tertiary/aromatic N) is 3. The summed E-state index contributed by atoms with van der Waals surface area (Å²) in [7, 11) is 4.88. The average Bonchev–Trinajstić information content (AvgIpc) is 3.32. The Bertz CT molecular complexity index is 1140. The maximum atomic E-state index is 13.4. The van der Waals surface area contributed by atoms with Crippen molar-refractivity contribution in [1.82, 2.24) is 14.7 Å². The van der Waals surface area contributed by atoms with Crippen LogP contribution < -0.4 is 14.2 Å². The summed E-state index contributed by atoms with van der Waals surface area (Å²) in [6.07, 6.45) is 5.16. The number of rotatable bonds is 7. The van der Waals surface area contributed by atoms with Gasteiger partial charge in [-0.25, -0.2) is 4.68 Å². The van der Waals surface area contributed by atoms with Crippen molar-refractivity contribution in [3.05, 3.63) is 71.6 Å². The first-order valence-electron chi connectivity index (χ1n) is 11.0. The number of methoxy groups -OCH3 is 3. The van der Waals surface area contributed by atoms with Crippen molar-refractivity contribution in [3.8, 4) is 22.9 Å². The molecule has 33 heavy (non-hydrogen) atoms. The fraction of sp³-hybridized carbons (Fsp3) is 0.308. The first-order chi connectivity index (χ1) is 16.1. The average molecular weight is 448 g/mol. The van der Waals surface area contributed by atoms with Gasteiger partial charge in [0.2, 0.25) is 0 Å². The zero-order valence-corrected chi connectivity index (χ0v) is 19.5. The summed E-state index contributed by atoms with van der Waals surface area (Å²) < 4.78 is 18.4. The number of ether oxygens (including phenoxy) is 3. The normalized spacial score (nSPS) is 13.5. The van der Waals surface area contributed by atoms with Crippen LogP contribution in [0.2, 0.25) is 0 Å². The Morgan fingerprint density at radius 3 is 2.27 bits per heavy atom. The van der Waals surface area contributed by atoms with Crippen LogP contribution in [-0.4, -0.2) is 55.0 Å². The summed E-state index contributed by atoms with van der Waals surface area (Å²) >= 11 is 0. The fourth-order valence-corrected chi connectivity index (χ4v) is 4.26. The number of benzene rings is 2. The van der Waals surface area contributed by atoms with Gasteiger partial charge in [0, 0.05) is 25.2 Å². The molecule has 7 nitrogen and oxygen atoms in total. The molecule has 1 aliphatic heterocycles. The van der Waals surface area contributed by atoms with Gasteiger partial charge < -0.3 is 19.1 Å². The van der Waals surface area contributed by atoms with Gasteiger partial charge in [-0.3, -0.25) is 4.79 Å². The summed E-state index contributed by atoms with van der Waals surface area (Å²) in [5.74, 6) is 2.05. The van der Waals surface area contributed by atoms with Gasteiger partial charge in [-0.2, -0.15) is 5.10 Å². The van der Waals surface area contributed by atoms with Gasteiger partial charge in [0.15, 0.2) is 0 Å². The molecule has 0 spiro atoms. The Hall–Kier alpha value is -3.74. The maximum Gasteiger partial charge on any atom is 0.257 e. The van der Waals surface area contributed by atoms with Gasteiger partial charge in [-0.05, 0) is 30.5 Å². The van der Waals surface area contributed by atoms with E-state index in [1.54, 1.807) is 27.5 Å². The highest BCUT2D eigenvalue weighted by atomic mass is 16.5. The minimum Gasteiger partial charge on any atom is -0.496 e. The molecule has 0 bridgehead atoms. The molecule has 0 unspecified atom stereocenters. The number of aromatic nitrogens is 2. The number of carbonyl (C=O) groups excluding carboxylic acids is 1. The molecular weight excluding hydrogens is 418 g/mol. The highest BCUT2D eigenvalue weighted by Gasteiger charge is 2.26. The van der Waals surface area contributed by atoms with E-state index in [2.05, 4.69) is 11.2 Å². The van der Waals surface area contributed by atoms with Crippen LogP contribution in [0.4, 0.5) is 0 Å². The lowest BCUT2D eigenvalue weighted by Gasteiger charge is -2.28. The van der Waals surface area contributed by atoms with Crippen molar-refractivity contribution in [2.45, 2.75) is 19.8 Å². The lowest BCUT2D eigenvalue weighted by atomic mass is 9.96. The van der Waals surface area contributed by atoms with Gasteiger partial charge in [-0.15, -0.1) is 0 Å². The topological polar surface area (TPSA) is 65.8 Å². The van der Waals surface area contributed by atoms with Gasteiger partial charge in [0.1, 0.15) is 17.2 Å². The van der Waals surface area contributed by atoms with E-state index in [9.17, 15) is 4.79 Å². The third-order valence-electron chi connectivity index (χ3n) is 5.97. The largest absolute Gasteiger partial charge is 0.496 e. The zero-order valence-electron chi connectivity index (χ0n) is 19.5. The molecule has 7 heteroatoms. The SMILES string of the molecule is CCc1c(C(=O)N2CC=C(c3c(OC)cc(OC)cc3OC)CC2)cnn1-c1ccccc1. The molecule has 0 atom stereocenters. The predicted octanol–water partition coefficient (Wildman–Crippen LogP) is 4.39. The molecule has 172 valence electrons. The van der Waals surface area contributed by atoms with E-state index < -0.39 is 0 Å². The van der Waals surface area contributed by atoms with Gasteiger partial charge in [0.25, 0.3) is 5.91 Å². The molecule has 0 aliphatic carbocycles. The molecule has 0 saturated heterocycles. The quantitative estimate of drug-likeness (QED) is 0.537. The van der Waals surface area contributed by atoms with Crippen molar-refractivity contribution in [1.29, 1.82) is 0 Å². The molecule has 1 aliphatic rings. The van der Waals surface area contributed by atoms with Crippen LogP contribution in [0.25, 0.3) is 11.3 Å². The van der Waals surface area contributed by atoms with Gasteiger partial charge >= 0.3 is 0 Å². The lowest BCUT2D eigenvalue weighted by Crippen LogP contribution is -2.35. The van der Waals surface area contributed by atoms with E-state index in [1.807, 2.05) is 59.0 Å². The molecule has 4 rings (SSSR count). The molecule has 0 radical (unpaired) electrons. The first-order valence-corrected chi connectivity index (χ1v) is 11.0. The third kappa shape index (κ3) is 4.31. The number of para-hydroxylation sites is 1. The van der Waals surface area contributed by atoms with E-state index in [0.29, 0.717) is 48.7 Å². The second-order valence-electron chi connectivity index (χ2n) is 7.74. The standard InChI is InChI=1S/C26H29N3O4/c1-5-22-21(17-27-29(22)19-9-7-6-8-10-19)26(30)28-13-11-18(12-14-28)25-23(32-3)15-20(31-2)16-24(25)33-4/h6-11,15-17H,5,12-14H2,1-4H3. The summed E-state index contributed by atoms with van der Waals surface area (Å²) in [5.41, 5.74) is 4.51. The maximum absolute atomic E-state index is 13.4. The molecule has 1 amide bonds. The first kappa shape index (κ1) is 22.5. The molecule has 1 aromatic heterocycles. The number of hydrogen-bond acceptors (Lipinski definition) is 5. The van der Waals surface area contributed by atoms with Crippen LogP contribution >= 0.6 is 0 Å². The molecule has 2 heterocycles. The second-order valence-corrected chi connectivity index (χ2v) is 7.74. The van der Waals surface area contributed by atoms with Crippen LogP contribution in [0, 0.1) is 0 Å². The van der Waals surface area contributed by atoms with Crippen molar-refractivity contribution in [2.75, 3.05) is 34.4 Å². The summed E-state index contributed by atoms with van der Waals surface area (Å²) in [5, 5.41) is 4.51. The third-order valence-corrected chi connectivity index (χ3v) is 5.97. The van der Waals surface area contributed by atoms with Crippen molar-refractivity contribution in [2.24, 2.45) is 0 Å². The number of amides is 1. The number of carbonyl (C=O) groups is 1. The monoisotopic (exact) mass is 447 g/mol. The molecule has 0 N–H and O–H groups in total. The minimum atomic E-state index is -0.00186. The van der Waals surface area contributed by atoms with Crippen LogP contribution in [0.5, 0.6) is 17.2 Å². The highest BCUT2D eigenvalue weighted by molar-refractivity contribution is 5.96. The van der Waals surface area contributed by atoms with Crippen molar-refractivity contribution >= 4 is 11.5 Å². The Morgan fingerprint density at radius 1 is 1.03 bits per heavy atom. The Kier molecular flexibility index (Phi) is 6.68. The van der Waals surface area contributed by atoms with Crippen LogP contribution in [0.15, 0.2) is 54.7 Å². The van der Waals surface area contributed by atoms with Gasteiger partial charge in [-0.1, -0.05) is 31.2 Å². The van der Waals surface area contributed by atoms with E-state index in [-0.39, 0.29) is 5.91 Å². The van der Waals surface area contributed by atoms with Crippen molar-refractivity contribution < 1.29 is 19.0 Å². The molecule has 0 saturated carbocycles. The Balaban J connectivity index is 1.59. The zero-order chi connectivity index (χ0) is 23.4. The van der Waals surface area contributed by atoms with E-state index in [4.69, 9.17) is 14.2 Å².